The number of rotatable bonds is 5. The van der Waals surface area contributed by atoms with Gasteiger partial charge >= 0.3 is 5.97 Å². The van der Waals surface area contributed by atoms with Crippen LogP contribution in [-0.4, -0.2) is 56.9 Å². The van der Waals surface area contributed by atoms with Crippen molar-refractivity contribution in [3.63, 3.8) is 0 Å². The van der Waals surface area contributed by atoms with Crippen molar-refractivity contribution in [3.8, 4) is 5.75 Å². The Morgan fingerprint density at radius 1 is 1.00 bits per heavy atom. The number of ether oxygens (including phenoxy) is 2. The molecule has 37 heavy (non-hydrogen) atoms. The molecule has 0 N–H and O–H groups in total. The Morgan fingerprint density at radius 2 is 1.73 bits per heavy atom. The van der Waals surface area contributed by atoms with Gasteiger partial charge in [0.05, 0.1) is 24.5 Å². The number of carbonyl (C=O) groups excluding carboxylic acids is 1. The Hall–Kier alpha value is -2.91. The first-order chi connectivity index (χ1) is 17.8. The van der Waals surface area contributed by atoms with E-state index in [2.05, 4.69) is 4.90 Å². The first-order valence-electron chi connectivity index (χ1n) is 12.2. The lowest BCUT2D eigenvalue weighted by atomic mass is 9.91. The summed E-state index contributed by atoms with van der Waals surface area (Å²) in [6, 6.07) is 18.3. The monoisotopic (exact) mass is 540 g/mol. The molecular weight excluding hydrogens is 512 g/mol. The molecule has 3 aromatic carbocycles. The zero-order valence-electron chi connectivity index (χ0n) is 20.8. The van der Waals surface area contributed by atoms with Crippen molar-refractivity contribution in [1.82, 2.24) is 9.21 Å². The summed E-state index contributed by atoms with van der Waals surface area (Å²) in [4.78, 5) is 14.5. The highest BCUT2D eigenvalue weighted by molar-refractivity contribution is 7.89. The molecule has 0 aliphatic carbocycles. The molecule has 0 saturated carbocycles. The van der Waals surface area contributed by atoms with Crippen LogP contribution >= 0.6 is 11.6 Å². The van der Waals surface area contributed by atoms with Crippen molar-refractivity contribution < 1.29 is 22.7 Å². The molecule has 2 heterocycles. The molecule has 9 heteroatoms. The molecule has 2 aliphatic heterocycles. The molecular formula is C28H29ClN2O5S. The maximum atomic E-state index is 13.3. The van der Waals surface area contributed by atoms with Crippen molar-refractivity contribution in [2.45, 2.75) is 30.9 Å². The van der Waals surface area contributed by atoms with Gasteiger partial charge in [0.25, 0.3) is 0 Å². The Kier molecular flexibility index (Phi) is 7.27. The van der Waals surface area contributed by atoms with Crippen molar-refractivity contribution in [2.75, 3.05) is 33.3 Å². The average molecular weight is 541 g/mol. The van der Waals surface area contributed by atoms with E-state index in [9.17, 15) is 13.2 Å². The van der Waals surface area contributed by atoms with Crippen LogP contribution < -0.4 is 4.74 Å². The zero-order valence-corrected chi connectivity index (χ0v) is 22.4. The van der Waals surface area contributed by atoms with Gasteiger partial charge in [0, 0.05) is 36.8 Å². The standard InChI is InChI=1S/C28H29ClN2O5S/c1-19-3-8-23(9-4-19)37(33,34)31-13-11-30(12-14-31)28-24-17-22(29)7-6-21(24)18-36-26-10-5-20(15-25(26)28)16-27(32)35-2/h3-10,15,17,28H,11-14,16,18H2,1-2H3. The molecule has 1 atom stereocenters. The minimum Gasteiger partial charge on any atom is -0.489 e. The molecule has 194 valence electrons. The highest BCUT2D eigenvalue weighted by atomic mass is 35.5. The number of benzene rings is 3. The van der Waals surface area contributed by atoms with Gasteiger partial charge in [0.2, 0.25) is 10.0 Å². The van der Waals surface area contributed by atoms with E-state index in [0.29, 0.717) is 42.7 Å². The van der Waals surface area contributed by atoms with E-state index in [4.69, 9.17) is 21.1 Å². The third-order valence-corrected chi connectivity index (χ3v) is 9.18. The second-order valence-corrected chi connectivity index (χ2v) is 11.8. The van der Waals surface area contributed by atoms with Gasteiger partial charge in [-0.15, -0.1) is 0 Å². The lowest BCUT2D eigenvalue weighted by molar-refractivity contribution is -0.139. The number of carbonyl (C=O) groups is 1. The third kappa shape index (κ3) is 5.25. The summed E-state index contributed by atoms with van der Waals surface area (Å²) >= 11 is 6.43. The number of nitrogens with zero attached hydrogens (tertiary/aromatic N) is 2. The minimum absolute atomic E-state index is 0.154. The van der Waals surface area contributed by atoms with Crippen LogP contribution in [0, 0.1) is 6.92 Å². The number of fused-ring (bicyclic) bond motifs is 2. The van der Waals surface area contributed by atoms with Crippen LogP contribution in [0.3, 0.4) is 0 Å². The number of esters is 1. The Labute approximate surface area is 222 Å². The maximum absolute atomic E-state index is 13.3. The molecule has 5 rings (SSSR count). The zero-order chi connectivity index (χ0) is 26.2. The number of sulfonamides is 1. The van der Waals surface area contributed by atoms with Crippen molar-refractivity contribution in [3.05, 3.63) is 93.5 Å². The summed E-state index contributed by atoms with van der Waals surface area (Å²) in [7, 11) is -2.21. The first-order valence-corrected chi connectivity index (χ1v) is 14.0. The van der Waals surface area contributed by atoms with Gasteiger partial charge in [-0.1, -0.05) is 41.4 Å². The first kappa shape index (κ1) is 25.7. The second kappa shape index (κ2) is 10.5. The van der Waals surface area contributed by atoms with Gasteiger partial charge in [-0.3, -0.25) is 9.69 Å². The number of hydrogen-bond donors (Lipinski definition) is 0. The number of methoxy groups -OCH3 is 1. The molecule has 1 saturated heterocycles. The van der Waals surface area contributed by atoms with Gasteiger partial charge < -0.3 is 9.47 Å². The average Bonchev–Trinajstić information content (AvgIpc) is 3.05. The van der Waals surface area contributed by atoms with Gasteiger partial charge in [0.15, 0.2) is 0 Å². The van der Waals surface area contributed by atoms with E-state index in [1.54, 1.807) is 16.4 Å². The van der Waals surface area contributed by atoms with Crippen LogP contribution in [0.4, 0.5) is 0 Å². The predicted molar refractivity (Wildman–Crippen MR) is 141 cm³/mol. The highest BCUT2D eigenvalue weighted by Crippen LogP contribution is 2.41. The lowest BCUT2D eigenvalue weighted by Gasteiger charge is -2.39. The molecule has 0 radical (unpaired) electrons. The van der Waals surface area contributed by atoms with Crippen LogP contribution in [0.5, 0.6) is 5.75 Å². The fourth-order valence-electron chi connectivity index (χ4n) is 5.02. The van der Waals surface area contributed by atoms with E-state index in [1.807, 2.05) is 55.5 Å². The van der Waals surface area contributed by atoms with E-state index in [0.717, 1.165) is 33.6 Å². The van der Waals surface area contributed by atoms with Crippen molar-refractivity contribution in [2.24, 2.45) is 0 Å². The van der Waals surface area contributed by atoms with Crippen LogP contribution in [-0.2, 0) is 32.6 Å². The van der Waals surface area contributed by atoms with Crippen LogP contribution in [0.25, 0.3) is 0 Å². The Bertz CT molecular complexity index is 1420. The number of aryl methyl sites for hydroxylation is 1. The molecule has 1 fully saturated rings. The molecule has 0 amide bonds. The second-order valence-electron chi connectivity index (χ2n) is 9.41. The summed E-state index contributed by atoms with van der Waals surface area (Å²) in [6.45, 7) is 4.12. The lowest BCUT2D eigenvalue weighted by Crippen LogP contribution is -2.49. The molecule has 0 spiro atoms. The summed E-state index contributed by atoms with van der Waals surface area (Å²) in [6.07, 6.45) is 0.154. The van der Waals surface area contributed by atoms with Crippen LogP contribution in [0.1, 0.15) is 33.9 Å². The minimum atomic E-state index is -3.58. The van der Waals surface area contributed by atoms with E-state index in [1.165, 1.54) is 7.11 Å². The van der Waals surface area contributed by atoms with Gasteiger partial charge in [0.1, 0.15) is 12.4 Å². The highest BCUT2D eigenvalue weighted by Gasteiger charge is 2.35. The largest absolute Gasteiger partial charge is 0.489 e. The van der Waals surface area contributed by atoms with Gasteiger partial charge in [-0.25, -0.2) is 8.42 Å². The Balaban J connectivity index is 1.47. The molecule has 0 bridgehead atoms. The molecule has 3 aromatic rings. The fraction of sp³-hybridized carbons (Fsp3) is 0.321. The normalized spacial score (nSPS) is 18.3. The maximum Gasteiger partial charge on any atom is 0.309 e. The van der Waals surface area contributed by atoms with E-state index >= 15 is 0 Å². The summed E-state index contributed by atoms with van der Waals surface area (Å²) < 4.78 is 39.1. The molecule has 7 nitrogen and oxygen atoms in total. The summed E-state index contributed by atoms with van der Waals surface area (Å²) in [5, 5.41) is 0.624. The number of halogens is 1. The molecule has 0 aromatic heterocycles. The van der Waals surface area contributed by atoms with Crippen molar-refractivity contribution in [1.29, 1.82) is 0 Å². The molecule has 2 aliphatic rings. The Morgan fingerprint density at radius 3 is 2.43 bits per heavy atom. The summed E-state index contributed by atoms with van der Waals surface area (Å²) in [5.74, 6) is 0.421. The van der Waals surface area contributed by atoms with E-state index in [-0.39, 0.29) is 18.4 Å². The third-order valence-electron chi connectivity index (χ3n) is 7.03. The SMILES string of the molecule is COC(=O)Cc1ccc2c(c1)C(N1CCN(S(=O)(=O)c3ccc(C)cc3)CC1)c1cc(Cl)ccc1CO2. The topological polar surface area (TPSA) is 76.2 Å². The predicted octanol–water partition coefficient (Wildman–Crippen LogP) is 4.35. The molecule has 1 unspecified atom stereocenters. The van der Waals surface area contributed by atoms with Crippen LogP contribution in [0.2, 0.25) is 5.02 Å². The summed E-state index contributed by atoms with van der Waals surface area (Å²) in [5.41, 5.74) is 4.82. The van der Waals surface area contributed by atoms with Crippen molar-refractivity contribution >= 4 is 27.6 Å². The fourth-order valence-corrected chi connectivity index (χ4v) is 6.62. The smallest absolute Gasteiger partial charge is 0.309 e. The number of hydrogen-bond acceptors (Lipinski definition) is 6. The quantitative estimate of drug-likeness (QED) is 0.448. The van der Waals surface area contributed by atoms with E-state index < -0.39 is 10.0 Å². The van der Waals surface area contributed by atoms with Crippen LogP contribution in [0.15, 0.2) is 65.6 Å². The van der Waals surface area contributed by atoms with Gasteiger partial charge in [-0.2, -0.15) is 4.31 Å². The number of piperazine rings is 1. The van der Waals surface area contributed by atoms with Gasteiger partial charge in [-0.05, 0) is 60.0 Å².